The summed E-state index contributed by atoms with van der Waals surface area (Å²) in [4.78, 5) is 0. The molecule has 108 valence electrons. The highest BCUT2D eigenvalue weighted by atomic mass is 32.7. The Bertz CT molecular complexity index is 279. The minimum Gasteiger partial charge on any atom is -0.385 e. The van der Waals surface area contributed by atoms with Crippen molar-refractivity contribution in [3.8, 4) is 0 Å². The molecule has 7 heteroatoms. The highest BCUT2D eigenvalue weighted by Crippen LogP contribution is 2.63. The van der Waals surface area contributed by atoms with Gasteiger partial charge in [0.25, 0.3) is 0 Å². The van der Waals surface area contributed by atoms with E-state index in [9.17, 15) is 4.57 Å². The number of ether oxygens (including phenoxy) is 1. The van der Waals surface area contributed by atoms with Crippen molar-refractivity contribution in [3.63, 3.8) is 0 Å². The van der Waals surface area contributed by atoms with E-state index in [4.69, 9.17) is 21.5 Å². The third kappa shape index (κ3) is 6.53. The molecule has 0 aliphatic heterocycles. The Hall–Kier alpha value is 0.390. The summed E-state index contributed by atoms with van der Waals surface area (Å²) in [6.45, 7) is 4.70. The van der Waals surface area contributed by atoms with Gasteiger partial charge in [0.15, 0.2) is 0 Å². The van der Waals surface area contributed by atoms with Crippen molar-refractivity contribution in [1.82, 2.24) is 4.67 Å². The van der Waals surface area contributed by atoms with Crippen LogP contribution in [0, 0.1) is 0 Å². The number of methoxy groups -OCH3 is 1. The van der Waals surface area contributed by atoms with E-state index in [0.29, 0.717) is 19.8 Å². The van der Waals surface area contributed by atoms with E-state index in [1.165, 1.54) is 16.9 Å². The normalized spacial score (nSPS) is 16.0. The maximum absolute atomic E-state index is 12.8. The van der Waals surface area contributed by atoms with Crippen LogP contribution in [0.3, 0.4) is 0 Å². The fourth-order valence-electron chi connectivity index (χ4n) is 1.23. The highest BCUT2D eigenvalue weighted by Gasteiger charge is 2.32. The van der Waals surface area contributed by atoms with Gasteiger partial charge in [-0.25, -0.2) is 0 Å². The second kappa shape index (κ2) is 10.2. The molecule has 0 fully saturated rings. The van der Waals surface area contributed by atoms with E-state index in [1.54, 1.807) is 11.8 Å². The number of rotatable bonds is 11. The SMILES string of the molecule is CCOP(=O)(SC(C)CC)N(C=S)CCCOC. The molecule has 0 bridgehead atoms. The number of nitrogens with zero attached hydrogens (tertiary/aromatic N) is 1. The van der Waals surface area contributed by atoms with Gasteiger partial charge in [-0.05, 0) is 31.1 Å². The maximum atomic E-state index is 12.8. The quantitative estimate of drug-likeness (QED) is 0.327. The van der Waals surface area contributed by atoms with Crippen molar-refractivity contribution < 1.29 is 13.8 Å². The van der Waals surface area contributed by atoms with Gasteiger partial charge >= 0.3 is 6.72 Å². The van der Waals surface area contributed by atoms with Gasteiger partial charge in [-0.15, -0.1) is 0 Å². The van der Waals surface area contributed by atoms with Crippen LogP contribution >= 0.6 is 30.3 Å². The molecule has 0 aliphatic carbocycles. The molecule has 4 nitrogen and oxygen atoms in total. The topological polar surface area (TPSA) is 38.8 Å². The molecule has 0 aromatic carbocycles. The zero-order valence-corrected chi connectivity index (χ0v) is 14.2. The molecule has 0 aromatic heterocycles. The van der Waals surface area contributed by atoms with Crippen LogP contribution in [0.2, 0.25) is 0 Å². The first-order chi connectivity index (χ1) is 8.53. The summed E-state index contributed by atoms with van der Waals surface area (Å²) in [6.07, 6.45) is 1.73. The van der Waals surface area contributed by atoms with Crippen molar-refractivity contribution >= 4 is 35.8 Å². The molecular weight excluding hydrogens is 289 g/mol. The minimum atomic E-state index is -2.91. The first-order valence-electron chi connectivity index (χ1n) is 6.18. The van der Waals surface area contributed by atoms with Crippen molar-refractivity contribution in [2.75, 3.05) is 26.9 Å². The van der Waals surface area contributed by atoms with Gasteiger partial charge < -0.3 is 9.26 Å². The standard InChI is InChI=1S/C11H24NO3PS2/c1-5-11(3)18-16(13,15-6-2)12(10-17)8-7-9-14-4/h10-11H,5-9H2,1-4H3. The molecule has 18 heavy (non-hydrogen) atoms. The third-order valence-corrected chi connectivity index (χ3v) is 8.08. The Morgan fingerprint density at radius 3 is 2.61 bits per heavy atom. The summed E-state index contributed by atoms with van der Waals surface area (Å²) in [6, 6.07) is 0. The lowest BCUT2D eigenvalue weighted by atomic mass is 10.4. The highest BCUT2D eigenvalue weighted by molar-refractivity contribution is 8.56. The fraction of sp³-hybridized carbons (Fsp3) is 0.909. The van der Waals surface area contributed by atoms with Crippen molar-refractivity contribution in [3.05, 3.63) is 0 Å². The molecule has 0 spiro atoms. The Labute approximate surface area is 120 Å². The van der Waals surface area contributed by atoms with Crippen molar-refractivity contribution in [1.29, 1.82) is 0 Å². The van der Waals surface area contributed by atoms with Crippen molar-refractivity contribution in [2.24, 2.45) is 0 Å². The Balaban J connectivity index is 4.68. The average molecular weight is 313 g/mol. The Kier molecular flexibility index (Phi) is 10.4. The van der Waals surface area contributed by atoms with Gasteiger partial charge in [-0.2, -0.15) is 0 Å². The van der Waals surface area contributed by atoms with Gasteiger partial charge in [0.2, 0.25) is 0 Å². The summed E-state index contributed by atoms with van der Waals surface area (Å²) < 4.78 is 25.0. The number of hydrogen-bond donors (Lipinski definition) is 0. The summed E-state index contributed by atoms with van der Waals surface area (Å²) in [7, 11) is 1.65. The van der Waals surface area contributed by atoms with E-state index >= 15 is 0 Å². The lowest BCUT2D eigenvalue weighted by Crippen LogP contribution is -2.21. The summed E-state index contributed by atoms with van der Waals surface area (Å²) in [5, 5.41) is 0.280. The molecule has 0 heterocycles. The average Bonchev–Trinajstić information content (AvgIpc) is 2.34. The van der Waals surface area contributed by atoms with Crippen LogP contribution in [0.15, 0.2) is 0 Å². The molecule has 0 radical (unpaired) electrons. The summed E-state index contributed by atoms with van der Waals surface area (Å²) >= 11 is 6.35. The molecule has 0 aromatic rings. The van der Waals surface area contributed by atoms with Crippen LogP contribution in [-0.2, 0) is 13.8 Å². The largest absolute Gasteiger partial charge is 0.385 e. The zero-order chi connectivity index (χ0) is 14.0. The lowest BCUT2D eigenvalue weighted by Gasteiger charge is -2.29. The van der Waals surface area contributed by atoms with Crippen LogP contribution < -0.4 is 0 Å². The lowest BCUT2D eigenvalue weighted by molar-refractivity contribution is 0.191. The predicted octanol–water partition coefficient (Wildman–Crippen LogP) is 3.96. The van der Waals surface area contributed by atoms with E-state index in [-0.39, 0.29) is 5.25 Å². The fourth-order valence-corrected chi connectivity index (χ4v) is 6.71. The first kappa shape index (κ1) is 18.4. The van der Waals surface area contributed by atoms with E-state index < -0.39 is 6.72 Å². The van der Waals surface area contributed by atoms with Crippen LogP contribution in [-0.4, -0.2) is 42.3 Å². The van der Waals surface area contributed by atoms with Crippen LogP contribution in [0.4, 0.5) is 0 Å². The maximum Gasteiger partial charge on any atom is 0.354 e. The number of thiocarbonyl (C=S) groups is 1. The second-order valence-corrected chi connectivity index (χ2v) is 8.78. The molecule has 0 saturated carbocycles. The Morgan fingerprint density at radius 2 is 2.17 bits per heavy atom. The van der Waals surface area contributed by atoms with E-state index in [2.05, 4.69) is 6.92 Å². The monoisotopic (exact) mass is 313 g/mol. The van der Waals surface area contributed by atoms with Crippen LogP contribution in [0.1, 0.15) is 33.6 Å². The van der Waals surface area contributed by atoms with Gasteiger partial charge in [0, 0.05) is 25.5 Å². The first-order valence-corrected chi connectivity index (χ1v) is 9.71. The van der Waals surface area contributed by atoms with E-state index in [1.807, 2.05) is 13.8 Å². The molecular formula is C11H24NO3PS2. The molecule has 0 saturated heterocycles. The second-order valence-electron chi connectivity index (χ2n) is 3.83. The summed E-state index contributed by atoms with van der Waals surface area (Å²) in [5.41, 5.74) is 1.45. The molecule has 0 aliphatic rings. The summed E-state index contributed by atoms with van der Waals surface area (Å²) in [5.74, 6) is 0. The molecule has 0 N–H and O–H groups in total. The molecule has 0 rings (SSSR count). The molecule has 2 unspecified atom stereocenters. The van der Waals surface area contributed by atoms with E-state index in [0.717, 1.165) is 12.8 Å². The zero-order valence-electron chi connectivity index (χ0n) is 11.6. The van der Waals surface area contributed by atoms with Gasteiger partial charge in [-0.3, -0.25) is 9.24 Å². The third-order valence-electron chi connectivity index (χ3n) is 2.35. The molecule has 0 amide bonds. The number of hydrogen-bond acceptors (Lipinski definition) is 5. The predicted molar refractivity (Wildman–Crippen MR) is 83.4 cm³/mol. The van der Waals surface area contributed by atoms with Gasteiger partial charge in [0.05, 0.1) is 12.1 Å². The van der Waals surface area contributed by atoms with Gasteiger partial charge in [-0.1, -0.05) is 26.1 Å². The van der Waals surface area contributed by atoms with Crippen LogP contribution in [0.5, 0.6) is 0 Å². The van der Waals surface area contributed by atoms with Gasteiger partial charge in [0.1, 0.15) is 0 Å². The smallest absolute Gasteiger partial charge is 0.354 e. The van der Waals surface area contributed by atoms with Crippen molar-refractivity contribution in [2.45, 2.75) is 38.9 Å². The van der Waals surface area contributed by atoms with Crippen LogP contribution in [0.25, 0.3) is 0 Å². The molecule has 2 atom stereocenters. The minimum absolute atomic E-state index is 0.280. The Morgan fingerprint density at radius 1 is 1.50 bits per heavy atom.